The van der Waals surface area contributed by atoms with Gasteiger partial charge in [-0.05, 0) is 37.8 Å². The minimum atomic E-state index is -0.449. The van der Waals surface area contributed by atoms with Gasteiger partial charge in [0.25, 0.3) is 5.89 Å². The minimum Gasteiger partial charge on any atom is -0.334 e. The van der Waals surface area contributed by atoms with Gasteiger partial charge in [-0.15, -0.1) is 0 Å². The summed E-state index contributed by atoms with van der Waals surface area (Å²) in [6, 6.07) is 3.80. The second kappa shape index (κ2) is 4.98. The van der Waals surface area contributed by atoms with E-state index >= 15 is 0 Å². The van der Waals surface area contributed by atoms with Gasteiger partial charge in [-0.25, -0.2) is 0 Å². The standard InChI is InChI=1S/C15H20N4O/c1-10-5-3-7-15(16,9-10)14-18-13(20-19-14)12-6-4-8-17-11(12)2/h4,6,8,10H,3,5,7,9,16H2,1-2H3. The van der Waals surface area contributed by atoms with Crippen LogP contribution in [0.2, 0.25) is 0 Å². The summed E-state index contributed by atoms with van der Waals surface area (Å²) in [6.07, 6.45) is 5.93. The van der Waals surface area contributed by atoms with E-state index in [-0.39, 0.29) is 0 Å². The molecule has 20 heavy (non-hydrogen) atoms. The van der Waals surface area contributed by atoms with Crippen molar-refractivity contribution in [2.24, 2.45) is 11.7 Å². The largest absolute Gasteiger partial charge is 0.334 e. The van der Waals surface area contributed by atoms with Gasteiger partial charge in [0.05, 0.1) is 11.1 Å². The first kappa shape index (κ1) is 13.2. The third-order valence-electron chi connectivity index (χ3n) is 4.14. The van der Waals surface area contributed by atoms with E-state index in [9.17, 15) is 0 Å². The van der Waals surface area contributed by atoms with Crippen molar-refractivity contribution >= 4 is 0 Å². The van der Waals surface area contributed by atoms with E-state index in [1.807, 2.05) is 19.1 Å². The molecule has 1 aliphatic rings. The molecular weight excluding hydrogens is 252 g/mol. The zero-order chi connectivity index (χ0) is 14.2. The van der Waals surface area contributed by atoms with Crippen molar-refractivity contribution in [3.63, 3.8) is 0 Å². The quantitative estimate of drug-likeness (QED) is 0.909. The van der Waals surface area contributed by atoms with E-state index in [1.165, 1.54) is 6.42 Å². The van der Waals surface area contributed by atoms with Gasteiger partial charge < -0.3 is 10.3 Å². The highest BCUT2D eigenvalue weighted by Gasteiger charge is 2.37. The maximum atomic E-state index is 6.50. The SMILES string of the molecule is Cc1ncccc1-c1nc(C2(N)CCCC(C)C2)no1. The topological polar surface area (TPSA) is 77.8 Å². The second-order valence-corrected chi connectivity index (χ2v) is 5.92. The fourth-order valence-corrected chi connectivity index (χ4v) is 3.04. The average Bonchev–Trinajstić information content (AvgIpc) is 2.89. The summed E-state index contributed by atoms with van der Waals surface area (Å²) in [6.45, 7) is 4.16. The molecule has 0 bridgehead atoms. The lowest BCUT2D eigenvalue weighted by Gasteiger charge is -2.33. The average molecular weight is 272 g/mol. The van der Waals surface area contributed by atoms with E-state index in [4.69, 9.17) is 10.3 Å². The van der Waals surface area contributed by atoms with Crippen molar-refractivity contribution < 1.29 is 4.52 Å². The van der Waals surface area contributed by atoms with Crippen LogP contribution in [0.5, 0.6) is 0 Å². The molecular formula is C15H20N4O. The summed E-state index contributed by atoms with van der Waals surface area (Å²) in [5, 5.41) is 4.12. The van der Waals surface area contributed by atoms with Crippen LogP contribution in [-0.4, -0.2) is 15.1 Å². The molecule has 2 unspecified atom stereocenters. The van der Waals surface area contributed by atoms with Crippen molar-refractivity contribution in [2.75, 3.05) is 0 Å². The third-order valence-corrected chi connectivity index (χ3v) is 4.14. The zero-order valence-electron chi connectivity index (χ0n) is 12.0. The highest BCUT2D eigenvalue weighted by atomic mass is 16.5. The second-order valence-electron chi connectivity index (χ2n) is 5.92. The Morgan fingerprint density at radius 1 is 1.45 bits per heavy atom. The third kappa shape index (κ3) is 2.33. The molecule has 0 aromatic carbocycles. The molecule has 0 radical (unpaired) electrons. The van der Waals surface area contributed by atoms with Gasteiger partial charge in [-0.3, -0.25) is 4.98 Å². The zero-order valence-corrected chi connectivity index (χ0v) is 12.0. The Balaban J connectivity index is 1.92. The summed E-state index contributed by atoms with van der Waals surface area (Å²) in [5.41, 5.74) is 7.80. The van der Waals surface area contributed by atoms with Gasteiger partial charge in [0.1, 0.15) is 0 Å². The predicted octanol–water partition coefficient (Wildman–Crippen LogP) is 2.80. The predicted molar refractivity (Wildman–Crippen MR) is 75.8 cm³/mol. The number of nitrogens with two attached hydrogens (primary N) is 1. The van der Waals surface area contributed by atoms with Gasteiger partial charge in [0, 0.05) is 11.9 Å². The Morgan fingerprint density at radius 3 is 3.05 bits per heavy atom. The minimum absolute atomic E-state index is 0.449. The summed E-state index contributed by atoms with van der Waals surface area (Å²) >= 11 is 0. The molecule has 5 nitrogen and oxygen atoms in total. The number of hydrogen-bond acceptors (Lipinski definition) is 5. The molecule has 3 rings (SSSR count). The molecule has 2 N–H and O–H groups in total. The monoisotopic (exact) mass is 272 g/mol. The van der Waals surface area contributed by atoms with Crippen LogP contribution in [0.4, 0.5) is 0 Å². The maximum Gasteiger partial charge on any atom is 0.259 e. The van der Waals surface area contributed by atoms with Crippen molar-refractivity contribution in [1.82, 2.24) is 15.1 Å². The van der Waals surface area contributed by atoms with Crippen LogP contribution < -0.4 is 5.73 Å². The molecule has 2 atom stereocenters. The number of rotatable bonds is 2. The lowest BCUT2D eigenvalue weighted by atomic mass is 9.76. The molecule has 2 aromatic rings. The van der Waals surface area contributed by atoms with Crippen molar-refractivity contribution in [3.05, 3.63) is 29.8 Å². The number of aryl methyl sites for hydroxylation is 1. The van der Waals surface area contributed by atoms with E-state index in [0.717, 1.165) is 30.5 Å². The van der Waals surface area contributed by atoms with Gasteiger partial charge in [-0.2, -0.15) is 4.98 Å². The first-order valence-electron chi connectivity index (χ1n) is 7.13. The molecule has 0 spiro atoms. The van der Waals surface area contributed by atoms with E-state index in [2.05, 4.69) is 22.0 Å². The van der Waals surface area contributed by atoms with Crippen LogP contribution >= 0.6 is 0 Å². The molecule has 5 heteroatoms. The number of hydrogen-bond donors (Lipinski definition) is 1. The Kier molecular flexibility index (Phi) is 3.30. The van der Waals surface area contributed by atoms with Crippen molar-refractivity contribution in [3.8, 4) is 11.5 Å². The number of nitrogens with zero attached hydrogens (tertiary/aromatic N) is 3. The summed E-state index contributed by atoms with van der Waals surface area (Å²) in [4.78, 5) is 8.78. The molecule has 1 fully saturated rings. The highest BCUT2D eigenvalue weighted by molar-refractivity contribution is 5.55. The fourth-order valence-electron chi connectivity index (χ4n) is 3.04. The number of pyridine rings is 1. The van der Waals surface area contributed by atoms with Gasteiger partial charge >= 0.3 is 0 Å². The lowest BCUT2D eigenvalue weighted by Crippen LogP contribution is -2.42. The van der Waals surface area contributed by atoms with Crippen LogP contribution in [0.1, 0.15) is 44.1 Å². The molecule has 0 aliphatic heterocycles. The van der Waals surface area contributed by atoms with E-state index in [0.29, 0.717) is 17.6 Å². The van der Waals surface area contributed by atoms with Crippen LogP contribution in [0, 0.1) is 12.8 Å². The summed E-state index contributed by atoms with van der Waals surface area (Å²) in [5.74, 6) is 1.74. The Bertz CT molecular complexity index is 609. The Morgan fingerprint density at radius 2 is 2.30 bits per heavy atom. The van der Waals surface area contributed by atoms with Crippen LogP contribution in [0.15, 0.2) is 22.9 Å². The van der Waals surface area contributed by atoms with Crippen molar-refractivity contribution in [2.45, 2.75) is 45.1 Å². The van der Waals surface area contributed by atoms with Crippen LogP contribution in [0.3, 0.4) is 0 Å². The molecule has 2 heterocycles. The molecule has 0 saturated heterocycles. The smallest absolute Gasteiger partial charge is 0.259 e. The van der Waals surface area contributed by atoms with E-state index < -0.39 is 5.54 Å². The Hall–Kier alpha value is -1.75. The van der Waals surface area contributed by atoms with Gasteiger partial charge in [-0.1, -0.05) is 24.9 Å². The Labute approximate surface area is 118 Å². The maximum absolute atomic E-state index is 6.50. The molecule has 2 aromatic heterocycles. The highest BCUT2D eigenvalue weighted by Crippen LogP contribution is 2.37. The van der Waals surface area contributed by atoms with Gasteiger partial charge in [0.15, 0.2) is 5.82 Å². The normalized spacial score (nSPS) is 26.6. The fraction of sp³-hybridized carbons (Fsp3) is 0.533. The molecule has 106 valence electrons. The van der Waals surface area contributed by atoms with Crippen molar-refractivity contribution in [1.29, 1.82) is 0 Å². The van der Waals surface area contributed by atoms with Crippen LogP contribution in [-0.2, 0) is 5.54 Å². The number of aromatic nitrogens is 3. The molecule has 1 aliphatic carbocycles. The lowest BCUT2D eigenvalue weighted by molar-refractivity contribution is 0.222. The van der Waals surface area contributed by atoms with E-state index in [1.54, 1.807) is 6.20 Å². The molecule has 1 saturated carbocycles. The first-order chi connectivity index (χ1) is 9.58. The summed E-state index contributed by atoms with van der Waals surface area (Å²) in [7, 11) is 0. The summed E-state index contributed by atoms with van der Waals surface area (Å²) < 4.78 is 5.40. The molecule has 0 amide bonds. The van der Waals surface area contributed by atoms with Gasteiger partial charge in [0.2, 0.25) is 0 Å². The first-order valence-corrected chi connectivity index (χ1v) is 7.13. The van der Waals surface area contributed by atoms with Crippen LogP contribution in [0.25, 0.3) is 11.5 Å².